The molecule has 2 rings (SSSR count). The molecule has 0 aliphatic rings. The molecule has 0 saturated heterocycles. The lowest BCUT2D eigenvalue weighted by molar-refractivity contribution is 0.865. The molecule has 1 nitrogen and oxygen atoms in total. The number of aromatic nitrogens is 1. The van der Waals surface area contributed by atoms with Crippen molar-refractivity contribution in [1.82, 2.24) is 4.57 Å². The second kappa shape index (κ2) is 2.86. The maximum absolute atomic E-state index is 3.71. The van der Waals surface area contributed by atoms with Crippen molar-refractivity contribution in [3.63, 3.8) is 0 Å². The van der Waals surface area contributed by atoms with E-state index in [1.54, 1.807) is 0 Å². The number of rotatable bonds is 2. The topological polar surface area (TPSA) is 4.93 Å². The van der Waals surface area contributed by atoms with Gasteiger partial charge >= 0.3 is 0 Å². The summed E-state index contributed by atoms with van der Waals surface area (Å²) < 4.78 is 2.15. The van der Waals surface area contributed by atoms with Crippen LogP contribution < -0.4 is 0 Å². The van der Waals surface area contributed by atoms with Crippen molar-refractivity contribution >= 4 is 10.9 Å². The molecule has 0 aliphatic heterocycles. The maximum Gasteiger partial charge on any atom is 0.0489 e. The van der Waals surface area contributed by atoms with Gasteiger partial charge in [0, 0.05) is 18.3 Å². The van der Waals surface area contributed by atoms with Crippen molar-refractivity contribution < 1.29 is 0 Å². The number of hydrogen-bond acceptors (Lipinski definition) is 0. The zero-order chi connectivity index (χ0) is 8.39. The van der Waals surface area contributed by atoms with Crippen LogP contribution in [-0.4, -0.2) is 4.57 Å². The van der Waals surface area contributed by atoms with Crippen LogP contribution in [0.3, 0.4) is 0 Å². The molecular weight excluding hydrogens is 146 g/mol. The average Bonchev–Trinajstić information content (AvgIpc) is 2.50. The Morgan fingerprint density at radius 3 is 3.25 bits per heavy atom. The summed E-state index contributed by atoms with van der Waals surface area (Å²) in [7, 11) is 0. The summed E-state index contributed by atoms with van der Waals surface area (Å²) in [6, 6.07) is 11.2. The van der Waals surface area contributed by atoms with Gasteiger partial charge < -0.3 is 4.57 Å². The minimum Gasteiger partial charge on any atom is -0.344 e. The second-order valence-electron chi connectivity index (χ2n) is 2.74. The van der Waals surface area contributed by atoms with Crippen LogP contribution in [0.25, 0.3) is 10.9 Å². The monoisotopic (exact) mass is 156 g/mol. The Hall–Kier alpha value is -1.50. The Morgan fingerprint density at radius 1 is 1.50 bits per heavy atom. The first-order chi connectivity index (χ1) is 5.92. The molecule has 59 valence electrons. The van der Waals surface area contributed by atoms with Crippen LogP contribution in [-0.2, 0) is 6.54 Å². The van der Waals surface area contributed by atoms with E-state index in [1.807, 2.05) is 18.2 Å². The molecule has 1 aromatic heterocycles. The van der Waals surface area contributed by atoms with Crippen LogP contribution in [0.4, 0.5) is 0 Å². The van der Waals surface area contributed by atoms with E-state index >= 15 is 0 Å². The highest BCUT2D eigenvalue weighted by Crippen LogP contribution is 2.14. The molecule has 0 spiro atoms. The SMILES string of the molecule is C=CCn1ccc2cc[c]cc21. The van der Waals surface area contributed by atoms with Gasteiger partial charge in [-0.15, -0.1) is 6.58 Å². The molecule has 1 radical (unpaired) electrons. The zero-order valence-electron chi connectivity index (χ0n) is 6.83. The molecule has 0 bridgehead atoms. The molecule has 1 heteroatoms. The van der Waals surface area contributed by atoms with Crippen LogP contribution in [0.2, 0.25) is 0 Å². The van der Waals surface area contributed by atoms with E-state index in [4.69, 9.17) is 0 Å². The van der Waals surface area contributed by atoms with Crippen molar-refractivity contribution in [3.05, 3.63) is 49.2 Å². The highest BCUT2D eigenvalue weighted by Gasteiger charge is 1.96. The van der Waals surface area contributed by atoms with Gasteiger partial charge in [-0.3, -0.25) is 0 Å². The van der Waals surface area contributed by atoms with Crippen LogP contribution in [0.15, 0.2) is 43.1 Å². The zero-order valence-corrected chi connectivity index (χ0v) is 6.83. The lowest BCUT2D eigenvalue weighted by Crippen LogP contribution is -1.90. The summed E-state index contributed by atoms with van der Waals surface area (Å²) in [6.07, 6.45) is 3.96. The molecule has 0 N–H and O–H groups in total. The fourth-order valence-corrected chi connectivity index (χ4v) is 1.37. The molecular formula is C11H10N. The predicted octanol–water partition coefficient (Wildman–Crippen LogP) is 2.63. The normalized spacial score (nSPS) is 10.3. The Balaban J connectivity index is 2.62. The van der Waals surface area contributed by atoms with Crippen molar-refractivity contribution in [3.8, 4) is 0 Å². The summed E-state index contributed by atoms with van der Waals surface area (Å²) in [5, 5.41) is 1.26. The first-order valence-corrected chi connectivity index (χ1v) is 3.97. The lowest BCUT2D eigenvalue weighted by Gasteiger charge is -1.98. The fourth-order valence-electron chi connectivity index (χ4n) is 1.37. The van der Waals surface area contributed by atoms with Gasteiger partial charge in [-0.2, -0.15) is 0 Å². The van der Waals surface area contributed by atoms with Crippen molar-refractivity contribution in [2.24, 2.45) is 0 Å². The molecule has 0 saturated carbocycles. The Bertz CT molecular complexity index is 398. The number of hydrogen-bond donors (Lipinski definition) is 0. The van der Waals surface area contributed by atoms with Gasteiger partial charge in [0.2, 0.25) is 0 Å². The van der Waals surface area contributed by atoms with Crippen molar-refractivity contribution in [2.45, 2.75) is 6.54 Å². The van der Waals surface area contributed by atoms with E-state index in [1.165, 1.54) is 10.9 Å². The van der Waals surface area contributed by atoms with E-state index in [9.17, 15) is 0 Å². The van der Waals surface area contributed by atoms with E-state index in [0.717, 1.165) is 6.54 Å². The first-order valence-electron chi connectivity index (χ1n) is 3.97. The number of allylic oxidation sites excluding steroid dienone is 1. The summed E-state index contributed by atoms with van der Waals surface area (Å²) in [6.45, 7) is 4.57. The Morgan fingerprint density at radius 2 is 2.42 bits per heavy atom. The maximum atomic E-state index is 3.71. The quantitative estimate of drug-likeness (QED) is 0.589. The number of nitrogens with zero attached hydrogens (tertiary/aromatic N) is 1. The van der Waals surface area contributed by atoms with E-state index in [2.05, 4.69) is 35.5 Å². The van der Waals surface area contributed by atoms with E-state index in [0.29, 0.717) is 0 Å². The summed E-state index contributed by atoms with van der Waals surface area (Å²) in [5.41, 5.74) is 1.22. The van der Waals surface area contributed by atoms with Crippen LogP contribution >= 0.6 is 0 Å². The van der Waals surface area contributed by atoms with Gasteiger partial charge in [0.25, 0.3) is 0 Å². The van der Waals surface area contributed by atoms with Gasteiger partial charge in [0.15, 0.2) is 0 Å². The van der Waals surface area contributed by atoms with Gasteiger partial charge in [0.05, 0.1) is 0 Å². The molecule has 0 amide bonds. The Labute approximate surface area is 71.9 Å². The van der Waals surface area contributed by atoms with Gasteiger partial charge in [0.1, 0.15) is 0 Å². The highest BCUT2D eigenvalue weighted by atomic mass is 14.9. The van der Waals surface area contributed by atoms with Gasteiger partial charge in [-0.1, -0.05) is 18.2 Å². The smallest absolute Gasteiger partial charge is 0.0489 e. The number of fused-ring (bicyclic) bond motifs is 1. The summed E-state index contributed by atoms with van der Waals surface area (Å²) >= 11 is 0. The number of benzene rings is 1. The molecule has 0 unspecified atom stereocenters. The Kier molecular flexibility index (Phi) is 1.71. The third-order valence-corrected chi connectivity index (χ3v) is 1.94. The van der Waals surface area contributed by atoms with Crippen molar-refractivity contribution in [2.75, 3.05) is 0 Å². The molecule has 2 aromatic rings. The van der Waals surface area contributed by atoms with Crippen LogP contribution in [0.5, 0.6) is 0 Å². The van der Waals surface area contributed by atoms with Gasteiger partial charge in [-0.05, 0) is 23.6 Å². The molecule has 12 heavy (non-hydrogen) atoms. The largest absolute Gasteiger partial charge is 0.344 e. The average molecular weight is 156 g/mol. The minimum absolute atomic E-state index is 0.862. The molecule has 0 aliphatic carbocycles. The second-order valence-corrected chi connectivity index (χ2v) is 2.74. The predicted molar refractivity (Wildman–Crippen MR) is 51.0 cm³/mol. The standard InChI is InChI=1S/C11H10N/c1-2-8-12-9-7-10-5-3-4-6-11(10)12/h2-3,5-7,9H,1,8H2. The first kappa shape index (κ1) is 7.17. The fraction of sp³-hybridized carbons (Fsp3) is 0.0909. The van der Waals surface area contributed by atoms with E-state index in [-0.39, 0.29) is 0 Å². The lowest BCUT2D eigenvalue weighted by atomic mass is 10.2. The third-order valence-electron chi connectivity index (χ3n) is 1.94. The summed E-state index contributed by atoms with van der Waals surface area (Å²) in [4.78, 5) is 0. The van der Waals surface area contributed by atoms with E-state index < -0.39 is 0 Å². The van der Waals surface area contributed by atoms with Crippen LogP contribution in [0, 0.1) is 6.07 Å². The molecule has 0 fully saturated rings. The van der Waals surface area contributed by atoms with Crippen molar-refractivity contribution in [1.29, 1.82) is 0 Å². The summed E-state index contributed by atoms with van der Waals surface area (Å²) in [5.74, 6) is 0. The molecule has 1 heterocycles. The molecule has 0 atom stereocenters. The third kappa shape index (κ3) is 1.03. The highest BCUT2D eigenvalue weighted by molar-refractivity contribution is 5.79. The molecule has 1 aromatic carbocycles. The van der Waals surface area contributed by atoms with Crippen LogP contribution in [0.1, 0.15) is 0 Å². The van der Waals surface area contributed by atoms with Gasteiger partial charge in [-0.25, -0.2) is 0 Å². The minimum atomic E-state index is 0.862.